The summed E-state index contributed by atoms with van der Waals surface area (Å²) in [7, 11) is 0. The lowest BCUT2D eigenvalue weighted by molar-refractivity contribution is 0.296. The maximum atomic E-state index is 13.6. The fourth-order valence-corrected chi connectivity index (χ4v) is 2.23. The fourth-order valence-electron chi connectivity index (χ4n) is 1.82. The van der Waals surface area contributed by atoms with E-state index in [0.717, 1.165) is 15.6 Å². The molecule has 19 heavy (non-hydrogen) atoms. The minimum absolute atomic E-state index is 0.182. The predicted octanol–water partition coefficient (Wildman–Crippen LogP) is 3.93. The third-order valence-electron chi connectivity index (χ3n) is 2.83. The normalized spacial score (nSPS) is 10.5. The van der Waals surface area contributed by atoms with E-state index < -0.39 is 0 Å². The van der Waals surface area contributed by atoms with Crippen molar-refractivity contribution in [3.05, 3.63) is 63.4 Å². The van der Waals surface area contributed by atoms with Crippen molar-refractivity contribution >= 4 is 15.9 Å². The van der Waals surface area contributed by atoms with Crippen LogP contribution < -0.4 is 10.5 Å². The lowest BCUT2D eigenvalue weighted by atomic mass is 10.1. The van der Waals surface area contributed by atoms with Gasteiger partial charge >= 0.3 is 0 Å². The summed E-state index contributed by atoms with van der Waals surface area (Å²) in [5, 5.41) is 0. The highest BCUT2D eigenvalue weighted by atomic mass is 79.9. The molecule has 0 saturated carbocycles. The van der Waals surface area contributed by atoms with Crippen LogP contribution in [0.2, 0.25) is 0 Å². The lowest BCUT2D eigenvalue weighted by Crippen LogP contribution is -2.04. The van der Waals surface area contributed by atoms with Gasteiger partial charge in [0.05, 0.1) is 0 Å². The summed E-state index contributed by atoms with van der Waals surface area (Å²) in [4.78, 5) is 0. The second kappa shape index (κ2) is 6.17. The van der Waals surface area contributed by atoms with Crippen molar-refractivity contribution in [1.82, 2.24) is 0 Å². The Morgan fingerprint density at radius 3 is 2.68 bits per heavy atom. The average molecular weight is 324 g/mol. The van der Waals surface area contributed by atoms with E-state index in [9.17, 15) is 4.39 Å². The van der Waals surface area contributed by atoms with E-state index >= 15 is 0 Å². The molecule has 0 atom stereocenters. The largest absolute Gasteiger partial charge is 0.488 e. The van der Waals surface area contributed by atoms with Crippen molar-refractivity contribution in [3.8, 4) is 5.75 Å². The minimum Gasteiger partial charge on any atom is -0.488 e. The van der Waals surface area contributed by atoms with Crippen LogP contribution >= 0.6 is 15.9 Å². The van der Waals surface area contributed by atoms with Crippen LogP contribution in [0.25, 0.3) is 0 Å². The van der Waals surface area contributed by atoms with E-state index in [1.54, 1.807) is 12.1 Å². The Balaban J connectivity index is 2.16. The van der Waals surface area contributed by atoms with Crippen LogP contribution in [0.15, 0.2) is 40.9 Å². The molecule has 2 rings (SSSR count). The van der Waals surface area contributed by atoms with Gasteiger partial charge < -0.3 is 10.5 Å². The second-order valence-corrected chi connectivity index (χ2v) is 5.26. The molecule has 4 heteroatoms. The van der Waals surface area contributed by atoms with Crippen molar-refractivity contribution in [2.45, 2.75) is 20.1 Å². The van der Waals surface area contributed by atoms with E-state index in [1.807, 2.05) is 25.1 Å². The molecule has 2 aromatic carbocycles. The Hall–Kier alpha value is -1.39. The van der Waals surface area contributed by atoms with Gasteiger partial charge in [0.1, 0.15) is 18.2 Å². The first-order valence-corrected chi connectivity index (χ1v) is 6.76. The molecule has 2 N–H and O–H groups in total. The first kappa shape index (κ1) is 14.0. The zero-order chi connectivity index (χ0) is 13.8. The van der Waals surface area contributed by atoms with Crippen LogP contribution in [0, 0.1) is 12.7 Å². The molecule has 0 saturated heterocycles. The number of rotatable bonds is 4. The highest BCUT2D eigenvalue weighted by Crippen LogP contribution is 2.22. The topological polar surface area (TPSA) is 35.2 Å². The number of hydrogen-bond acceptors (Lipinski definition) is 2. The smallest absolute Gasteiger partial charge is 0.129 e. The first-order chi connectivity index (χ1) is 9.10. The third-order valence-corrected chi connectivity index (χ3v) is 3.32. The van der Waals surface area contributed by atoms with Gasteiger partial charge in [-0.3, -0.25) is 0 Å². The van der Waals surface area contributed by atoms with Crippen molar-refractivity contribution in [2.75, 3.05) is 0 Å². The quantitative estimate of drug-likeness (QED) is 0.925. The van der Waals surface area contributed by atoms with Gasteiger partial charge in [-0.15, -0.1) is 0 Å². The first-order valence-electron chi connectivity index (χ1n) is 5.96. The molecular weight excluding hydrogens is 309 g/mol. The van der Waals surface area contributed by atoms with Gasteiger partial charge in [0.25, 0.3) is 0 Å². The summed E-state index contributed by atoms with van der Waals surface area (Å²) in [6.45, 7) is 2.58. The molecule has 2 nitrogen and oxygen atoms in total. The number of ether oxygens (including phenoxy) is 1. The molecule has 2 aromatic rings. The lowest BCUT2D eigenvalue weighted by Gasteiger charge is -2.12. The van der Waals surface area contributed by atoms with Gasteiger partial charge in [-0.1, -0.05) is 33.6 Å². The van der Waals surface area contributed by atoms with Gasteiger partial charge in [0, 0.05) is 22.1 Å². The molecule has 0 bridgehead atoms. The maximum Gasteiger partial charge on any atom is 0.129 e. The molecular formula is C15H15BrFNO. The zero-order valence-electron chi connectivity index (χ0n) is 10.6. The van der Waals surface area contributed by atoms with Crippen molar-refractivity contribution < 1.29 is 9.13 Å². The Morgan fingerprint density at radius 1 is 1.16 bits per heavy atom. The summed E-state index contributed by atoms with van der Waals surface area (Å²) in [5.74, 6) is 0.428. The molecule has 0 aliphatic heterocycles. The second-order valence-electron chi connectivity index (χ2n) is 4.34. The predicted molar refractivity (Wildman–Crippen MR) is 77.5 cm³/mol. The van der Waals surface area contributed by atoms with Gasteiger partial charge in [-0.25, -0.2) is 4.39 Å². The SMILES string of the molecule is Cc1ccc(OCc2cc(Br)ccc2F)c(CN)c1. The third kappa shape index (κ3) is 3.55. The molecule has 0 aliphatic rings. The zero-order valence-corrected chi connectivity index (χ0v) is 12.2. The molecule has 0 aliphatic carbocycles. The van der Waals surface area contributed by atoms with Crippen LogP contribution in [-0.4, -0.2) is 0 Å². The summed E-state index contributed by atoms with van der Waals surface area (Å²) >= 11 is 3.32. The standard InChI is InChI=1S/C15H15BrFNO/c1-10-2-5-15(11(6-10)8-18)19-9-12-7-13(16)3-4-14(12)17/h2-7H,8-9,18H2,1H3. The molecule has 0 aromatic heterocycles. The molecule has 100 valence electrons. The van der Waals surface area contributed by atoms with E-state index in [4.69, 9.17) is 10.5 Å². The van der Waals surface area contributed by atoms with Gasteiger partial charge in [-0.05, 0) is 31.2 Å². The van der Waals surface area contributed by atoms with Crippen LogP contribution in [0.1, 0.15) is 16.7 Å². The summed E-state index contributed by atoms with van der Waals surface area (Å²) in [6.07, 6.45) is 0. The number of benzene rings is 2. The molecule has 0 unspecified atom stereocenters. The van der Waals surface area contributed by atoms with Crippen LogP contribution in [0.3, 0.4) is 0 Å². The molecule has 0 heterocycles. The number of nitrogens with two attached hydrogens (primary N) is 1. The summed E-state index contributed by atoms with van der Waals surface area (Å²) in [6, 6.07) is 10.6. The molecule has 0 fully saturated rings. The highest BCUT2D eigenvalue weighted by Gasteiger charge is 2.06. The molecule has 0 amide bonds. The van der Waals surface area contributed by atoms with Crippen molar-refractivity contribution in [3.63, 3.8) is 0 Å². The number of aryl methyl sites for hydroxylation is 1. The Bertz CT molecular complexity index is 586. The number of halogens is 2. The van der Waals surface area contributed by atoms with Gasteiger partial charge in [0.15, 0.2) is 0 Å². The van der Waals surface area contributed by atoms with Crippen LogP contribution in [-0.2, 0) is 13.2 Å². The monoisotopic (exact) mass is 323 g/mol. The highest BCUT2D eigenvalue weighted by molar-refractivity contribution is 9.10. The van der Waals surface area contributed by atoms with E-state index in [1.165, 1.54) is 6.07 Å². The van der Waals surface area contributed by atoms with Gasteiger partial charge in [0.2, 0.25) is 0 Å². The van der Waals surface area contributed by atoms with Crippen molar-refractivity contribution in [1.29, 1.82) is 0 Å². The van der Waals surface area contributed by atoms with Crippen molar-refractivity contribution in [2.24, 2.45) is 5.73 Å². The van der Waals surface area contributed by atoms with Crippen LogP contribution in [0.4, 0.5) is 4.39 Å². The van der Waals surface area contributed by atoms with Gasteiger partial charge in [-0.2, -0.15) is 0 Å². The average Bonchev–Trinajstić information content (AvgIpc) is 2.40. The van der Waals surface area contributed by atoms with E-state index in [2.05, 4.69) is 15.9 Å². The Morgan fingerprint density at radius 2 is 1.95 bits per heavy atom. The Kier molecular flexibility index (Phi) is 4.56. The maximum absolute atomic E-state index is 13.6. The Labute approximate surface area is 120 Å². The summed E-state index contributed by atoms with van der Waals surface area (Å²) in [5.41, 5.74) is 8.25. The minimum atomic E-state index is -0.274. The fraction of sp³-hybridized carbons (Fsp3) is 0.200. The van der Waals surface area contributed by atoms with E-state index in [-0.39, 0.29) is 12.4 Å². The van der Waals surface area contributed by atoms with Crippen LogP contribution in [0.5, 0.6) is 5.75 Å². The number of hydrogen-bond donors (Lipinski definition) is 1. The molecule has 0 spiro atoms. The van der Waals surface area contributed by atoms with E-state index in [0.29, 0.717) is 17.9 Å². The molecule has 0 radical (unpaired) electrons. The summed E-state index contributed by atoms with van der Waals surface area (Å²) < 4.78 is 20.1.